The molecule has 1 rings (SSSR count). The van der Waals surface area contributed by atoms with Crippen LogP contribution < -0.4 is 4.72 Å². The molecule has 14 heavy (non-hydrogen) atoms. The Bertz CT molecular complexity index is 415. The van der Waals surface area contributed by atoms with Crippen molar-refractivity contribution in [3.63, 3.8) is 0 Å². The van der Waals surface area contributed by atoms with Gasteiger partial charge in [0.05, 0.1) is 18.1 Å². The molecule has 0 radical (unpaired) electrons. The lowest BCUT2D eigenvalue weighted by Crippen LogP contribution is -2.16. The van der Waals surface area contributed by atoms with Crippen molar-refractivity contribution in [2.24, 2.45) is 0 Å². The van der Waals surface area contributed by atoms with Gasteiger partial charge >= 0.3 is 0 Å². The Hall–Kier alpha value is -0.950. The van der Waals surface area contributed by atoms with Crippen LogP contribution in [0.2, 0.25) is 0 Å². The van der Waals surface area contributed by atoms with Crippen molar-refractivity contribution in [1.82, 2.24) is 9.97 Å². The van der Waals surface area contributed by atoms with Gasteiger partial charge in [-0.2, -0.15) is 0 Å². The minimum absolute atomic E-state index is 0.148. The molecule has 7 heteroatoms. The number of aromatic nitrogens is 2. The van der Waals surface area contributed by atoms with Crippen LogP contribution in [0.5, 0.6) is 0 Å². The zero-order chi connectivity index (χ0) is 10.6. The lowest BCUT2D eigenvalue weighted by Gasteiger charge is -2.03. The molecule has 0 saturated carbocycles. The Labute approximate surface area is 90.5 Å². The molecule has 1 N–H and O–H groups in total. The minimum Gasteiger partial charge on any atom is -0.266 e. The average Bonchev–Trinajstić information content (AvgIpc) is 2.08. The van der Waals surface area contributed by atoms with Gasteiger partial charge in [0.25, 0.3) is 0 Å². The van der Waals surface area contributed by atoms with Crippen LogP contribution in [-0.2, 0) is 10.0 Å². The zero-order valence-corrected chi connectivity index (χ0v) is 9.55. The molecule has 0 spiro atoms. The van der Waals surface area contributed by atoms with Crippen molar-refractivity contribution in [1.29, 1.82) is 0 Å². The van der Waals surface area contributed by atoms with Crippen molar-refractivity contribution in [3.05, 3.63) is 29.7 Å². The SMILES string of the molecule is C=CCS(=O)(=O)Nc1cnc(Br)cn1. The molecular formula is C7H8BrN3O2S. The van der Waals surface area contributed by atoms with Crippen LogP contribution in [-0.4, -0.2) is 24.1 Å². The van der Waals surface area contributed by atoms with E-state index in [4.69, 9.17) is 0 Å². The Morgan fingerprint density at radius 2 is 2.21 bits per heavy atom. The number of hydrogen-bond acceptors (Lipinski definition) is 4. The fourth-order valence-electron chi connectivity index (χ4n) is 0.721. The maximum Gasteiger partial charge on any atom is 0.237 e. The number of nitrogens with zero attached hydrogens (tertiary/aromatic N) is 2. The van der Waals surface area contributed by atoms with Gasteiger partial charge in [-0.25, -0.2) is 18.4 Å². The fourth-order valence-corrected chi connectivity index (χ4v) is 1.74. The van der Waals surface area contributed by atoms with E-state index in [9.17, 15) is 8.42 Å². The molecule has 0 amide bonds. The smallest absolute Gasteiger partial charge is 0.237 e. The van der Waals surface area contributed by atoms with Crippen LogP contribution in [0.3, 0.4) is 0 Å². The summed E-state index contributed by atoms with van der Waals surface area (Å²) in [5.41, 5.74) is 0. The van der Waals surface area contributed by atoms with Crippen LogP contribution in [0.1, 0.15) is 0 Å². The summed E-state index contributed by atoms with van der Waals surface area (Å²) in [6.07, 6.45) is 4.03. The van der Waals surface area contributed by atoms with Gasteiger partial charge in [0.2, 0.25) is 10.0 Å². The normalized spacial score (nSPS) is 10.9. The Balaban J connectivity index is 2.79. The van der Waals surface area contributed by atoms with E-state index in [1.807, 2.05) is 0 Å². The van der Waals surface area contributed by atoms with E-state index in [0.717, 1.165) is 0 Å². The van der Waals surface area contributed by atoms with E-state index in [0.29, 0.717) is 4.60 Å². The van der Waals surface area contributed by atoms with E-state index in [-0.39, 0.29) is 11.6 Å². The first-order chi connectivity index (χ1) is 6.53. The van der Waals surface area contributed by atoms with Gasteiger partial charge in [-0.1, -0.05) is 6.08 Å². The van der Waals surface area contributed by atoms with Gasteiger partial charge in [0, 0.05) is 0 Å². The molecule has 0 aliphatic rings. The predicted octanol–water partition coefficient (Wildman–Crippen LogP) is 1.17. The maximum absolute atomic E-state index is 11.2. The molecule has 0 aliphatic heterocycles. The summed E-state index contributed by atoms with van der Waals surface area (Å²) in [5, 5.41) is 0. The van der Waals surface area contributed by atoms with Crippen molar-refractivity contribution in [2.75, 3.05) is 10.5 Å². The second kappa shape index (κ2) is 4.52. The predicted molar refractivity (Wildman–Crippen MR) is 57.3 cm³/mol. The van der Waals surface area contributed by atoms with Gasteiger partial charge in [0.15, 0.2) is 5.82 Å². The number of rotatable bonds is 4. The van der Waals surface area contributed by atoms with Crippen molar-refractivity contribution in [3.8, 4) is 0 Å². The van der Waals surface area contributed by atoms with Gasteiger partial charge < -0.3 is 0 Å². The monoisotopic (exact) mass is 277 g/mol. The number of anilines is 1. The molecule has 5 nitrogen and oxygen atoms in total. The standard InChI is InChI=1S/C7H8BrN3O2S/c1-2-3-14(12,13)11-7-5-9-6(8)4-10-7/h2,4-5H,1,3H2,(H,10,11). The van der Waals surface area contributed by atoms with E-state index in [1.54, 1.807) is 0 Å². The van der Waals surface area contributed by atoms with Gasteiger partial charge in [0.1, 0.15) is 4.60 Å². The second-order valence-electron chi connectivity index (χ2n) is 2.40. The summed E-state index contributed by atoms with van der Waals surface area (Å²) < 4.78 is 25.2. The fraction of sp³-hybridized carbons (Fsp3) is 0.143. The molecule has 0 atom stereocenters. The summed E-state index contributed by atoms with van der Waals surface area (Å²) >= 11 is 3.09. The van der Waals surface area contributed by atoms with Crippen molar-refractivity contribution in [2.45, 2.75) is 0 Å². The molecule has 0 aliphatic carbocycles. The van der Waals surface area contributed by atoms with Gasteiger partial charge in [-0.05, 0) is 15.9 Å². The highest BCUT2D eigenvalue weighted by Crippen LogP contribution is 2.07. The van der Waals surface area contributed by atoms with Crippen LogP contribution in [0, 0.1) is 0 Å². The summed E-state index contributed by atoms with van der Waals surface area (Å²) in [7, 11) is -3.38. The van der Waals surface area contributed by atoms with Gasteiger partial charge in [-0.3, -0.25) is 4.72 Å². The third-order valence-electron chi connectivity index (χ3n) is 1.22. The molecule has 76 valence electrons. The Morgan fingerprint density at radius 3 is 2.71 bits per heavy atom. The molecule has 0 bridgehead atoms. The van der Waals surface area contributed by atoms with E-state index >= 15 is 0 Å². The number of sulfonamides is 1. The first-order valence-electron chi connectivity index (χ1n) is 3.62. The number of nitrogens with one attached hydrogen (secondary N) is 1. The van der Waals surface area contributed by atoms with E-state index in [1.165, 1.54) is 18.5 Å². The average molecular weight is 278 g/mol. The number of hydrogen-bond donors (Lipinski definition) is 1. The third-order valence-corrected chi connectivity index (χ3v) is 2.82. The summed E-state index contributed by atoms with van der Waals surface area (Å²) in [5.74, 6) is 0.0418. The highest BCUT2D eigenvalue weighted by Gasteiger charge is 2.08. The molecule has 0 fully saturated rings. The van der Waals surface area contributed by atoms with Crippen LogP contribution in [0.15, 0.2) is 29.7 Å². The van der Waals surface area contributed by atoms with E-state index in [2.05, 4.69) is 37.2 Å². The molecule has 1 aromatic rings. The Morgan fingerprint density at radius 1 is 1.50 bits per heavy atom. The highest BCUT2D eigenvalue weighted by atomic mass is 79.9. The van der Waals surface area contributed by atoms with Crippen molar-refractivity contribution >= 4 is 31.8 Å². The summed E-state index contributed by atoms with van der Waals surface area (Å²) in [4.78, 5) is 7.64. The van der Waals surface area contributed by atoms with Crippen LogP contribution in [0.4, 0.5) is 5.82 Å². The molecule has 1 heterocycles. The third kappa shape index (κ3) is 3.43. The maximum atomic E-state index is 11.2. The number of halogens is 1. The quantitative estimate of drug-likeness (QED) is 0.839. The first kappa shape index (κ1) is 11.1. The second-order valence-corrected chi connectivity index (χ2v) is 4.98. The molecule has 1 aromatic heterocycles. The van der Waals surface area contributed by atoms with E-state index < -0.39 is 10.0 Å². The Kier molecular flexibility index (Phi) is 3.59. The summed E-state index contributed by atoms with van der Waals surface area (Å²) in [6.45, 7) is 3.34. The molecular weight excluding hydrogens is 270 g/mol. The minimum atomic E-state index is -3.38. The topological polar surface area (TPSA) is 72.0 Å². The molecule has 0 saturated heterocycles. The van der Waals surface area contributed by atoms with Crippen LogP contribution >= 0.6 is 15.9 Å². The zero-order valence-electron chi connectivity index (χ0n) is 7.14. The lowest BCUT2D eigenvalue weighted by molar-refractivity contribution is 0.604. The molecule has 0 unspecified atom stereocenters. The first-order valence-corrected chi connectivity index (χ1v) is 6.07. The summed E-state index contributed by atoms with van der Waals surface area (Å²) in [6, 6.07) is 0. The van der Waals surface area contributed by atoms with Crippen LogP contribution in [0.25, 0.3) is 0 Å². The molecule has 0 aromatic carbocycles. The van der Waals surface area contributed by atoms with Gasteiger partial charge in [-0.15, -0.1) is 6.58 Å². The highest BCUT2D eigenvalue weighted by molar-refractivity contribution is 9.10. The lowest BCUT2D eigenvalue weighted by atomic mass is 10.7. The largest absolute Gasteiger partial charge is 0.266 e. The van der Waals surface area contributed by atoms with Crippen molar-refractivity contribution < 1.29 is 8.42 Å².